The van der Waals surface area contributed by atoms with Gasteiger partial charge in [0.2, 0.25) is 10.0 Å². The van der Waals surface area contributed by atoms with E-state index >= 15 is 0 Å². The smallest absolute Gasteiger partial charge is 0.337 e. The summed E-state index contributed by atoms with van der Waals surface area (Å²) in [6.45, 7) is 1.90. The van der Waals surface area contributed by atoms with Crippen LogP contribution in [-0.2, 0) is 25.4 Å². The van der Waals surface area contributed by atoms with Crippen molar-refractivity contribution < 1.29 is 22.8 Å². The Morgan fingerprint density at radius 3 is 2.72 bits per heavy atom. The minimum atomic E-state index is -3.57. The number of sulfonamides is 1. The molecule has 1 aromatic carbocycles. The molecule has 1 N–H and O–H groups in total. The van der Waals surface area contributed by atoms with Crippen LogP contribution in [-0.4, -0.2) is 28.1 Å². The Balaban J connectivity index is 2.82. The molecular weight excluding hydrogens is 258 g/mol. The van der Waals surface area contributed by atoms with Gasteiger partial charge < -0.3 is 4.74 Å². The average Bonchev–Trinajstić information content (AvgIpc) is 2.35. The normalized spacial score (nSPS) is 11.2. The summed E-state index contributed by atoms with van der Waals surface area (Å²) in [7, 11) is -2.30. The van der Waals surface area contributed by atoms with Crippen molar-refractivity contribution >= 4 is 16.0 Å². The van der Waals surface area contributed by atoms with Crippen LogP contribution >= 0.6 is 0 Å². The molecule has 0 bridgehead atoms. The fourth-order valence-corrected chi connectivity index (χ4v) is 2.28. The molecule has 6 nitrogen and oxygen atoms in total. The number of ether oxygens (including phenoxy) is 1. The Bertz CT molecular complexity index is 512. The third kappa shape index (κ3) is 4.44. The van der Waals surface area contributed by atoms with Crippen LogP contribution in [0.3, 0.4) is 0 Å². The third-order valence-corrected chi connectivity index (χ3v) is 3.12. The first kappa shape index (κ1) is 14.6. The van der Waals surface area contributed by atoms with Crippen LogP contribution in [0.4, 0.5) is 0 Å². The lowest BCUT2D eigenvalue weighted by Crippen LogP contribution is -2.25. The van der Waals surface area contributed by atoms with E-state index in [1.807, 2.05) is 4.89 Å². The predicted molar refractivity (Wildman–Crippen MR) is 65.2 cm³/mol. The monoisotopic (exact) mass is 273 g/mol. The molecule has 0 radical (unpaired) electrons. The molecule has 0 unspecified atom stereocenters. The van der Waals surface area contributed by atoms with E-state index in [-0.39, 0.29) is 12.4 Å². The molecule has 1 aromatic rings. The summed E-state index contributed by atoms with van der Waals surface area (Å²) in [5.74, 6) is -0.773. The summed E-state index contributed by atoms with van der Waals surface area (Å²) in [6.07, 6.45) is 0. The minimum absolute atomic E-state index is 0.238. The van der Waals surface area contributed by atoms with Gasteiger partial charge in [-0.3, -0.25) is 4.84 Å². The second-order valence-electron chi connectivity index (χ2n) is 3.47. The van der Waals surface area contributed by atoms with Gasteiger partial charge in [-0.25, -0.2) is 13.2 Å². The number of hydrogen-bond acceptors (Lipinski definition) is 5. The second kappa shape index (κ2) is 6.48. The third-order valence-electron chi connectivity index (χ3n) is 2.03. The first-order valence-electron chi connectivity index (χ1n) is 5.27. The molecule has 0 fully saturated rings. The van der Waals surface area contributed by atoms with Crippen LogP contribution in [0.2, 0.25) is 0 Å². The van der Waals surface area contributed by atoms with E-state index in [9.17, 15) is 13.2 Å². The van der Waals surface area contributed by atoms with Gasteiger partial charge in [0.05, 0.1) is 25.0 Å². The topological polar surface area (TPSA) is 81.7 Å². The number of carbonyl (C=O) groups excluding carboxylic acids is 1. The van der Waals surface area contributed by atoms with Crippen molar-refractivity contribution in [3.05, 3.63) is 35.4 Å². The summed E-state index contributed by atoms with van der Waals surface area (Å²) in [5, 5.41) is 0. The summed E-state index contributed by atoms with van der Waals surface area (Å²) in [5.41, 5.74) is 0.784. The first-order valence-corrected chi connectivity index (χ1v) is 6.92. The van der Waals surface area contributed by atoms with Crippen molar-refractivity contribution in [2.75, 3.05) is 13.7 Å². The van der Waals surface area contributed by atoms with Gasteiger partial charge in [0, 0.05) is 0 Å². The molecule has 0 amide bonds. The number of esters is 1. The molecule has 0 aromatic heterocycles. The maximum atomic E-state index is 11.6. The lowest BCUT2D eigenvalue weighted by Gasteiger charge is -2.06. The number of benzene rings is 1. The van der Waals surface area contributed by atoms with Gasteiger partial charge in [-0.15, -0.1) is 0 Å². The second-order valence-corrected chi connectivity index (χ2v) is 5.15. The standard InChI is InChI=1S/C11H15NO5S/c1-3-17-12-18(14,15)8-9-5-4-6-10(7-9)11(13)16-2/h4-7,12H,3,8H2,1-2H3. The Kier molecular flexibility index (Phi) is 5.26. The van der Waals surface area contributed by atoms with Crippen molar-refractivity contribution in [2.24, 2.45) is 0 Å². The maximum Gasteiger partial charge on any atom is 0.337 e. The van der Waals surface area contributed by atoms with Crippen LogP contribution in [0.1, 0.15) is 22.8 Å². The van der Waals surface area contributed by atoms with Crippen molar-refractivity contribution in [1.29, 1.82) is 0 Å². The van der Waals surface area contributed by atoms with Crippen LogP contribution in [0.15, 0.2) is 24.3 Å². The van der Waals surface area contributed by atoms with Gasteiger partial charge in [-0.2, -0.15) is 0 Å². The van der Waals surface area contributed by atoms with Crippen LogP contribution < -0.4 is 4.89 Å². The summed E-state index contributed by atoms with van der Waals surface area (Å²) >= 11 is 0. The molecule has 0 atom stereocenters. The molecule has 1 rings (SSSR count). The van der Waals surface area contributed by atoms with E-state index in [2.05, 4.69) is 9.57 Å². The quantitative estimate of drug-likeness (QED) is 0.613. The van der Waals surface area contributed by atoms with Crippen molar-refractivity contribution in [1.82, 2.24) is 4.89 Å². The molecule has 0 spiro atoms. The Hall–Kier alpha value is -1.44. The van der Waals surface area contributed by atoms with E-state index in [0.29, 0.717) is 11.1 Å². The van der Waals surface area contributed by atoms with E-state index in [1.54, 1.807) is 25.1 Å². The lowest BCUT2D eigenvalue weighted by molar-refractivity contribution is 0.0600. The zero-order valence-electron chi connectivity index (χ0n) is 10.2. The van der Waals surface area contributed by atoms with Gasteiger partial charge in [0.1, 0.15) is 0 Å². The highest BCUT2D eigenvalue weighted by Gasteiger charge is 2.13. The fourth-order valence-electron chi connectivity index (χ4n) is 1.30. The van der Waals surface area contributed by atoms with E-state index in [1.165, 1.54) is 13.2 Å². The summed E-state index contributed by atoms with van der Waals surface area (Å²) < 4.78 is 27.7. The van der Waals surface area contributed by atoms with Crippen LogP contribution in [0, 0.1) is 0 Å². The predicted octanol–water partition coefficient (Wildman–Crippen LogP) is 0.844. The van der Waals surface area contributed by atoms with Gasteiger partial charge in [-0.05, 0) is 24.6 Å². The number of rotatable bonds is 6. The number of methoxy groups -OCH3 is 1. The Labute approximate surface area is 106 Å². The SMILES string of the molecule is CCONS(=O)(=O)Cc1cccc(C(=O)OC)c1. The van der Waals surface area contributed by atoms with E-state index in [4.69, 9.17) is 0 Å². The van der Waals surface area contributed by atoms with Gasteiger partial charge >= 0.3 is 5.97 Å². The highest BCUT2D eigenvalue weighted by atomic mass is 32.2. The molecule has 7 heteroatoms. The number of hydrogen-bond donors (Lipinski definition) is 1. The Morgan fingerprint density at radius 2 is 2.11 bits per heavy atom. The molecule has 18 heavy (non-hydrogen) atoms. The zero-order valence-corrected chi connectivity index (χ0v) is 11.0. The molecule has 0 saturated heterocycles. The number of nitrogens with one attached hydrogen (secondary N) is 1. The lowest BCUT2D eigenvalue weighted by atomic mass is 10.1. The highest BCUT2D eigenvalue weighted by Crippen LogP contribution is 2.09. The van der Waals surface area contributed by atoms with Crippen LogP contribution in [0.5, 0.6) is 0 Å². The van der Waals surface area contributed by atoms with E-state index in [0.717, 1.165) is 0 Å². The first-order chi connectivity index (χ1) is 8.48. The molecule has 0 heterocycles. The van der Waals surface area contributed by atoms with E-state index < -0.39 is 16.0 Å². The van der Waals surface area contributed by atoms with Crippen molar-refractivity contribution in [3.63, 3.8) is 0 Å². The van der Waals surface area contributed by atoms with Crippen molar-refractivity contribution in [2.45, 2.75) is 12.7 Å². The average molecular weight is 273 g/mol. The van der Waals surface area contributed by atoms with Gasteiger partial charge in [-0.1, -0.05) is 17.0 Å². The van der Waals surface area contributed by atoms with Crippen molar-refractivity contribution in [3.8, 4) is 0 Å². The number of carbonyl (C=O) groups is 1. The fraction of sp³-hybridized carbons (Fsp3) is 0.364. The largest absolute Gasteiger partial charge is 0.465 e. The molecule has 0 aliphatic heterocycles. The highest BCUT2D eigenvalue weighted by molar-refractivity contribution is 7.88. The molecule has 0 aliphatic carbocycles. The van der Waals surface area contributed by atoms with Crippen LogP contribution in [0.25, 0.3) is 0 Å². The molecular formula is C11H15NO5S. The summed E-state index contributed by atoms with van der Waals surface area (Å²) in [4.78, 5) is 17.9. The van der Waals surface area contributed by atoms with Gasteiger partial charge in [0.15, 0.2) is 0 Å². The van der Waals surface area contributed by atoms with Gasteiger partial charge in [0.25, 0.3) is 0 Å². The molecule has 100 valence electrons. The molecule has 0 saturated carbocycles. The maximum absolute atomic E-state index is 11.6. The molecule has 0 aliphatic rings. The zero-order chi connectivity index (χ0) is 13.6. The Morgan fingerprint density at radius 1 is 1.39 bits per heavy atom. The minimum Gasteiger partial charge on any atom is -0.465 e. The summed E-state index contributed by atoms with van der Waals surface area (Å²) in [6, 6.07) is 6.23.